The minimum atomic E-state index is -0.974. The molecule has 0 saturated heterocycles. The number of hydrogen-bond acceptors (Lipinski definition) is 4. The van der Waals surface area contributed by atoms with Gasteiger partial charge in [-0.15, -0.1) is 9.15 Å². The molecule has 0 bridgehead atoms. The van der Waals surface area contributed by atoms with E-state index >= 15 is 0 Å². The first kappa shape index (κ1) is 25.3. The zero-order valence-electron chi connectivity index (χ0n) is 27.8. The monoisotopic (exact) mass is 622 g/mol. The van der Waals surface area contributed by atoms with E-state index in [1.165, 1.54) is 38.9 Å². The van der Waals surface area contributed by atoms with Crippen molar-refractivity contribution in [3.63, 3.8) is 0 Å². The SMILES string of the molecule is Cc1ccc2c3n4c(c2c1)N=C1c2c(C)ccc(C)c2C2=[N+]1[C@]41n4c(c5c(C)ccc(C)c5c4=N2)=NC2=[N+]1C(=N3)c1c(C)ccc(C)c12. The van der Waals surface area contributed by atoms with E-state index in [1.54, 1.807) is 0 Å². The van der Waals surface area contributed by atoms with Crippen LogP contribution in [0.1, 0.15) is 61.2 Å². The highest BCUT2D eigenvalue weighted by Crippen LogP contribution is 2.53. The summed E-state index contributed by atoms with van der Waals surface area (Å²) in [4.78, 5) is 22.6. The molecule has 6 aromatic rings. The summed E-state index contributed by atoms with van der Waals surface area (Å²) in [5.74, 6) is 4.58. The summed E-state index contributed by atoms with van der Waals surface area (Å²) in [7, 11) is 0. The Morgan fingerprint density at radius 2 is 0.938 bits per heavy atom. The fourth-order valence-corrected chi connectivity index (χ4v) is 9.51. The number of fused-ring (bicyclic) bond motifs is 12. The molecule has 6 aliphatic rings. The average molecular weight is 623 g/mol. The number of benzene rings is 4. The maximum absolute atomic E-state index is 5.67. The van der Waals surface area contributed by atoms with Gasteiger partial charge in [-0.2, -0.15) is 9.13 Å². The van der Waals surface area contributed by atoms with Crippen LogP contribution in [0.5, 0.6) is 0 Å². The van der Waals surface area contributed by atoms with Crippen molar-refractivity contribution in [2.45, 2.75) is 54.4 Å². The number of hydrogen-bond donors (Lipinski definition) is 0. The summed E-state index contributed by atoms with van der Waals surface area (Å²) in [5.41, 5.74) is 14.8. The second kappa shape index (κ2) is 7.52. The number of aliphatic imine (C=N–C) groups is 2. The van der Waals surface area contributed by atoms with Gasteiger partial charge in [-0.1, -0.05) is 68.0 Å². The third-order valence-corrected chi connectivity index (χ3v) is 11.6. The van der Waals surface area contributed by atoms with Gasteiger partial charge in [-0.3, -0.25) is 0 Å². The first-order valence-corrected chi connectivity index (χ1v) is 16.7. The van der Waals surface area contributed by atoms with Crippen LogP contribution in [0.3, 0.4) is 0 Å². The summed E-state index contributed by atoms with van der Waals surface area (Å²) in [6.07, 6.45) is 0. The number of aromatic nitrogens is 2. The van der Waals surface area contributed by atoms with Gasteiger partial charge in [0.15, 0.2) is 0 Å². The molecule has 8 heterocycles. The van der Waals surface area contributed by atoms with Crippen LogP contribution in [-0.2, 0) is 5.91 Å². The van der Waals surface area contributed by atoms with Crippen molar-refractivity contribution < 1.29 is 9.15 Å². The van der Waals surface area contributed by atoms with Crippen molar-refractivity contribution in [3.8, 4) is 0 Å². The predicted octanol–water partition coefficient (Wildman–Crippen LogP) is 5.87. The number of nitrogens with zero attached hydrogens (tertiary/aromatic N) is 8. The van der Waals surface area contributed by atoms with Gasteiger partial charge in [-0.05, 0) is 94.0 Å². The Morgan fingerprint density at radius 3 is 1.46 bits per heavy atom. The zero-order valence-corrected chi connectivity index (χ0v) is 27.8. The lowest BCUT2D eigenvalue weighted by Crippen LogP contribution is -2.71. The smallest absolute Gasteiger partial charge is 0.192 e. The molecule has 8 heteroatoms. The summed E-state index contributed by atoms with van der Waals surface area (Å²) in [5, 5.41) is 4.52. The van der Waals surface area contributed by atoms with Crippen LogP contribution in [0.15, 0.2) is 74.6 Å². The number of rotatable bonds is 0. The molecule has 228 valence electrons. The minimum Gasteiger partial charge on any atom is -0.192 e. The molecule has 8 nitrogen and oxygen atoms in total. The van der Waals surface area contributed by atoms with Crippen molar-refractivity contribution in [2.75, 3.05) is 0 Å². The zero-order chi connectivity index (χ0) is 32.3. The summed E-state index contributed by atoms with van der Waals surface area (Å²) >= 11 is 0. The lowest BCUT2D eigenvalue weighted by atomic mass is 9.97. The molecule has 1 atom stereocenters. The lowest BCUT2D eigenvalue weighted by molar-refractivity contribution is -0.790. The molecule has 0 radical (unpaired) electrons. The van der Waals surface area contributed by atoms with Crippen LogP contribution in [-0.4, -0.2) is 41.6 Å². The molecule has 48 heavy (non-hydrogen) atoms. The lowest BCUT2D eigenvalue weighted by Gasteiger charge is -2.40. The van der Waals surface area contributed by atoms with Gasteiger partial charge in [0.05, 0.1) is 33.0 Å². The molecule has 0 amide bonds. The molecular formula is C40H30N8+2. The van der Waals surface area contributed by atoms with E-state index in [4.69, 9.17) is 20.0 Å². The molecule has 0 saturated carbocycles. The van der Waals surface area contributed by atoms with Crippen molar-refractivity contribution in [2.24, 2.45) is 20.0 Å². The van der Waals surface area contributed by atoms with E-state index in [1.807, 2.05) is 0 Å². The molecular weight excluding hydrogens is 592 g/mol. The van der Waals surface area contributed by atoms with E-state index in [9.17, 15) is 0 Å². The molecule has 2 aromatic heterocycles. The Morgan fingerprint density at radius 1 is 0.479 bits per heavy atom. The van der Waals surface area contributed by atoms with Gasteiger partial charge < -0.3 is 0 Å². The Labute approximate surface area is 275 Å². The second-order valence-corrected chi connectivity index (χ2v) is 14.4. The van der Waals surface area contributed by atoms with Crippen LogP contribution in [0.2, 0.25) is 0 Å². The molecule has 0 unspecified atom stereocenters. The van der Waals surface area contributed by atoms with E-state index in [-0.39, 0.29) is 0 Å². The maximum atomic E-state index is 5.67. The molecule has 1 spiro atoms. The third-order valence-electron chi connectivity index (χ3n) is 11.6. The minimum absolute atomic E-state index is 0.915. The van der Waals surface area contributed by atoms with E-state index < -0.39 is 5.91 Å². The predicted molar refractivity (Wildman–Crippen MR) is 187 cm³/mol. The fraction of sp³-hybridized carbons (Fsp3) is 0.200. The Kier molecular flexibility index (Phi) is 3.97. The van der Waals surface area contributed by atoms with Crippen molar-refractivity contribution >= 4 is 56.5 Å². The number of aryl methyl sites for hydroxylation is 7. The summed E-state index contributed by atoms with van der Waals surface area (Å²) < 4.78 is 9.65. The highest BCUT2D eigenvalue weighted by Gasteiger charge is 2.70. The third kappa shape index (κ3) is 2.35. The first-order valence-electron chi connectivity index (χ1n) is 16.7. The van der Waals surface area contributed by atoms with Gasteiger partial charge in [0.2, 0.25) is 22.6 Å². The quantitative estimate of drug-likeness (QED) is 0.191. The van der Waals surface area contributed by atoms with Gasteiger partial charge in [0.25, 0.3) is 23.3 Å². The highest BCUT2D eigenvalue weighted by molar-refractivity contribution is 6.21. The Balaban J connectivity index is 1.45. The largest absolute Gasteiger partial charge is 0.404 e. The van der Waals surface area contributed by atoms with Crippen molar-refractivity contribution in [3.05, 3.63) is 127 Å². The molecule has 0 aliphatic carbocycles. The average Bonchev–Trinajstić information content (AvgIpc) is 3.79. The standard InChI is InChI=1S/C40H30N8/c1-17-8-15-24-25(16-17)33-42-35-27-19(3)10-12-21(5)29(27)37-44-39-31-23(7)14-13-22(6)30(31)38-43-36-28-20(4)11-9-18(2)26(28)34-41-32(24)45(33)40(46(34)36,47(35)37)48(38)39/h8-16H,1-7H3/q+2/t40-/m0/s1. The summed E-state index contributed by atoms with van der Waals surface area (Å²) in [6.45, 7) is 15.4. The molecule has 0 fully saturated rings. The van der Waals surface area contributed by atoms with Gasteiger partial charge in [0.1, 0.15) is 0 Å². The van der Waals surface area contributed by atoms with Crippen LogP contribution < -0.4 is 11.0 Å². The Bertz CT molecular complexity index is 2960. The molecule has 6 aliphatic heterocycles. The number of amidine groups is 4. The first-order chi connectivity index (χ1) is 23.2. The second-order valence-electron chi connectivity index (χ2n) is 14.4. The topological polar surface area (TPSA) is 65.3 Å². The van der Waals surface area contributed by atoms with Crippen molar-refractivity contribution in [1.29, 1.82) is 0 Å². The van der Waals surface area contributed by atoms with Gasteiger partial charge in [-0.25, -0.2) is 0 Å². The normalized spacial score (nSPS) is 19.6. The molecule has 12 rings (SSSR count). The van der Waals surface area contributed by atoms with Gasteiger partial charge >= 0.3 is 5.91 Å². The van der Waals surface area contributed by atoms with Crippen LogP contribution >= 0.6 is 0 Å². The van der Waals surface area contributed by atoms with Crippen LogP contribution in [0.4, 0.5) is 11.6 Å². The fourth-order valence-electron chi connectivity index (χ4n) is 9.51. The van der Waals surface area contributed by atoms with E-state index in [0.717, 1.165) is 89.8 Å². The maximum Gasteiger partial charge on any atom is 0.404 e. The van der Waals surface area contributed by atoms with E-state index in [0.29, 0.717) is 0 Å². The highest BCUT2D eigenvalue weighted by atomic mass is 15.7. The van der Waals surface area contributed by atoms with Crippen molar-refractivity contribution in [1.82, 2.24) is 9.13 Å². The summed E-state index contributed by atoms with van der Waals surface area (Å²) in [6, 6.07) is 20.1. The van der Waals surface area contributed by atoms with Gasteiger partial charge in [0, 0.05) is 10.8 Å². The van der Waals surface area contributed by atoms with E-state index in [2.05, 4.69) is 121 Å². The Hall–Kier alpha value is -5.76. The van der Waals surface area contributed by atoms with Crippen LogP contribution in [0.25, 0.3) is 21.5 Å². The molecule has 0 N–H and O–H groups in total. The molecule has 4 aromatic carbocycles. The van der Waals surface area contributed by atoms with Crippen LogP contribution in [0, 0.1) is 48.5 Å².